The van der Waals surface area contributed by atoms with E-state index in [0.717, 1.165) is 45.1 Å². The fourth-order valence-electron chi connectivity index (χ4n) is 4.66. The number of amides is 3. The third kappa shape index (κ3) is 11.1. The number of carboxylic acid groups (broad SMARTS) is 1. The molecule has 2 aliphatic heterocycles. The molecule has 0 radical (unpaired) electrons. The Morgan fingerprint density at radius 1 is 1.14 bits per heavy atom. The lowest BCUT2D eigenvalue weighted by Gasteiger charge is -2.32. The minimum Gasteiger partial charge on any atom is -0.480 e. The fraction of sp³-hybridized carbons (Fsp3) is 0.880. The number of hydrogen-bond donors (Lipinski definition) is 5. The van der Waals surface area contributed by atoms with Crippen molar-refractivity contribution in [2.45, 2.75) is 102 Å². The predicted molar refractivity (Wildman–Crippen MR) is 133 cm³/mol. The molecule has 202 valence electrons. The van der Waals surface area contributed by atoms with E-state index in [1.807, 2.05) is 13.8 Å². The van der Waals surface area contributed by atoms with Gasteiger partial charge in [-0.2, -0.15) is 0 Å². The average molecular weight is 499 g/mol. The van der Waals surface area contributed by atoms with Crippen molar-refractivity contribution in [3.05, 3.63) is 0 Å². The molecule has 3 rings (SSSR count). The van der Waals surface area contributed by atoms with Crippen LogP contribution in [0.3, 0.4) is 0 Å². The van der Waals surface area contributed by atoms with Crippen molar-refractivity contribution in [3.63, 3.8) is 0 Å². The quantitative estimate of drug-likeness (QED) is 0.322. The van der Waals surface area contributed by atoms with Gasteiger partial charge in [-0.25, -0.2) is 9.59 Å². The number of aliphatic carboxylic acids is 1. The third-order valence-corrected chi connectivity index (χ3v) is 7.00. The normalized spacial score (nSPS) is 27.7. The predicted octanol–water partition coefficient (Wildman–Crippen LogP) is 2.15. The van der Waals surface area contributed by atoms with Crippen LogP contribution in [0.15, 0.2) is 0 Å². The van der Waals surface area contributed by atoms with Gasteiger partial charge in [0, 0.05) is 13.2 Å². The molecule has 3 amide bonds. The Kier molecular flexibility index (Phi) is 13.4. The molecule has 2 saturated heterocycles. The molecule has 6 N–H and O–H groups in total. The van der Waals surface area contributed by atoms with Crippen molar-refractivity contribution in [1.29, 1.82) is 0 Å². The van der Waals surface area contributed by atoms with Gasteiger partial charge in [-0.1, -0.05) is 13.8 Å². The zero-order valence-corrected chi connectivity index (χ0v) is 21.4. The smallest absolute Gasteiger partial charge is 0.326 e. The number of carboxylic acids is 1. The van der Waals surface area contributed by atoms with Crippen molar-refractivity contribution in [3.8, 4) is 0 Å². The number of rotatable bonds is 8. The number of nitrogens with two attached hydrogens (primary N) is 1. The molecule has 3 aliphatic rings. The lowest BCUT2D eigenvalue weighted by molar-refractivity contribution is -0.139. The van der Waals surface area contributed by atoms with Gasteiger partial charge in [-0.15, -0.1) is 0 Å². The Labute approximate surface area is 209 Å². The SMILES string of the molecule is CC(C)[C@H]1COCCCCOC2CCC(CC2)C[C@H](NC(=O)N[C@@H](CCCCN)C(=O)O)C(=O)N1. The Bertz CT molecular complexity index is 654. The molecule has 0 aromatic rings. The van der Waals surface area contributed by atoms with Crippen LogP contribution in [0.4, 0.5) is 4.79 Å². The summed E-state index contributed by atoms with van der Waals surface area (Å²) in [6, 6.07) is -2.61. The van der Waals surface area contributed by atoms with E-state index in [-0.39, 0.29) is 36.3 Å². The number of urea groups is 1. The van der Waals surface area contributed by atoms with Crippen molar-refractivity contribution < 1.29 is 29.0 Å². The van der Waals surface area contributed by atoms with Crippen LogP contribution in [0, 0.1) is 11.8 Å². The fourth-order valence-corrected chi connectivity index (χ4v) is 4.66. The molecule has 1 aliphatic carbocycles. The van der Waals surface area contributed by atoms with E-state index in [0.29, 0.717) is 39.0 Å². The molecule has 10 heteroatoms. The highest BCUT2D eigenvalue weighted by molar-refractivity contribution is 5.89. The first-order chi connectivity index (χ1) is 16.8. The highest BCUT2D eigenvalue weighted by atomic mass is 16.5. The molecule has 0 aromatic carbocycles. The summed E-state index contributed by atoms with van der Waals surface area (Å²) in [5.74, 6) is -0.921. The van der Waals surface area contributed by atoms with Gasteiger partial charge in [0.2, 0.25) is 5.91 Å². The molecule has 3 atom stereocenters. The lowest BCUT2D eigenvalue weighted by atomic mass is 9.83. The van der Waals surface area contributed by atoms with E-state index in [1.54, 1.807) is 0 Å². The summed E-state index contributed by atoms with van der Waals surface area (Å²) in [5, 5.41) is 17.8. The number of fused-ring (bicyclic) bond motifs is 13. The Morgan fingerprint density at radius 3 is 2.51 bits per heavy atom. The van der Waals surface area contributed by atoms with Gasteiger partial charge in [-0.05, 0) is 82.6 Å². The second-order valence-electron chi connectivity index (χ2n) is 10.2. The molecule has 2 bridgehead atoms. The van der Waals surface area contributed by atoms with Crippen LogP contribution in [0.5, 0.6) is 0 Å². The Morgan fingerprint density at radius 2 is 1.86 bits per heavy atom. The Hall–Kier alpha value is -1.91. The van der Waals surface area contributed by atoms with E-state index in [9.17, 15) is 19.5 Å². The van der Waals surface area contributed by atoms with Crippen LogP contribution in [-0.4, -0.2) is 73.6 Å². The summed E-state index contributed by atoms with van der Waals surface area (Å²) in [6.07, 6.45) is 7.95. The minimum atomic E-state index is -1.10. The van der Waals surface area contributed by atoms with Gasteiger partial charge in [-0.3, -0.25) is 4.79 Å². The molecule has 2 heterocycles. The number of carbonyl (C=O) groups is 3. The van der Waals surface area contributed by atoms with Crippen LogP contribution in [0.25, 0.3) is 0 Å². The van der Waals surface area contributed by atoms with Gasteiger partial charge in [0.05, 0.1) is 18.8 Å². The van der Waals surface area contributed by atoms with Gasteiger partial charge in [0.1, 0.15) is 12.1 Å². The van der Waals surface area contributed by atoms with Crippen LogP contribution in [0.2, 0.25) is 0 Å². The second-order valence-corrected chi connectivity index (χ2v) is 10.2. The monoisotopic (exact) mass is 498 g/mol. The van der Waals surface area contributed by atoms with Crippen molar-refractivity contribution in [1.82, 2.24) is 16.0 Å². The van der Waals surface area contributed by atoms with Crippen LogP contribution < -0.4 is 21.7 Å². The zero-order chi connectivity index (χ0) is 25.6. The number of nitrogens with one attached hydrogen (secondary N) is 3. The maximum absolute atomic E-state index is 13.3. The van der Waals surface area contributed by atoms with Crippen molar-refractivity contribution in [2.75, 3.05) is 26.4 Å². The molecular weight excluding hydrogens is 452 g/mol. The van der Waals surface area contributed by atoms with Gasteiger partial charge < -0.3 is 36.3 Å². The summed E-state index contributed by atoms with van der Waals surface area (Å²) in [4.78, 5) is 37.6. The standard InChI is InChI=1S/C25H46N4O6/c1-17(2)22-16-34-13-5-6-14-35-19-10-8-18(9-11-19)15-21(23(30)27-22)29-25(33)28-20(24(31)32)7-3-4-12-26/h17-22H,3-16,26H2,1-2H3,(H,27,30)(H,31,32)(H2,28,29,33)/t18?,19?,20-,21-,22+/m0/s1. The zero-order valence-electron chi connectivity index (χ0n) is 21.4. The van der Waals surface area contributed by atoms with Crippen molar-refractivity contribution in [2.24, 2.45) is 17.6 Å². The lowest BCUT2D eigenvalue weighted by Crippen LogP contribution is -2.56. The molecule has 0 aromatic heterocycles. The van der Waals surface area contributed by atoms with E-state index < -0.39 is 24.1 Å². The van der Waals surface area contributed by atoms with Crippen LogP contribution >= 0.6 is 0 Å². The van der Waals surface area contributed by atoms with E-state index >= 15 is 0 Å². The van der Waals surface area contributed by atoms with Gasteiger partial charge in [0.15, 0.2) is 0 Å². The summed E-state index contributed by atoms with van der Waals surface area (Å²) in [7, 11) is 0. The van der Waals surface area contributed by atoms with Crippen molar-refractivity contribution >= 4 is 17.9 Å². The topological polar surface area (TPSA) is 152 Å². The summed E-state index contributed by atoms with van der Waals surface area (Å²) >= 11 is 0. The van der Waals surface area contributed by atoms with Gasteiger partial charge in [0.25, 0.3) is 0 Å². The molecule has 35 heavy (non-hydrogen) atoms. The van der Waals surface area contributed by atoms with E-state index in [1.165, 1.54) is 0 Å². The number of ether oxygens (including phenoxy) is 2. The summed E-state index contributed by atoms with van der Waals surface area (Å²) in [6.45, 7) is 6.26. The van der Waals surface area contributed by atoms with E-state index in [4.69, 9.17) is 15.2 Å². The minimum absolute atomic E-state index is 0.157. The number of hydrogen-bond acceptors (Lipinski definition) is 6. The highest BCUT2D eigenvalue weighted by Crippen LogP contribution is 2.30. The first-order valence-electron chi connectivity index (χ1n) is 13.3. The molecule has 3 fully saturated rings. The Balaban J connectivity index is 2.08. The maximum atomic E-state index is 13.3. The second kappa shape index (κ2) is 16.0. The third-order valence-electron chi connectivity index (χ3n) is 7.00. The molecule has 0 spiro atoms. The first-order valence-corrected chi connectivity index (χ1v) is 13.3. The average Bonchev–Trinajstić information content (AvgIpc) is 2.81. The first kappa shape index (κ1) is 29.3. The highest BCUT2D eigenvalue weighted by Gasteiger charge is 2.31. The van der Waals surface area contributed by atoms with Gasteiger partial charge >= 0.3 is 12.0 Å². The summed E-state index contributed by atoms with van der Waals surface area (Å²) in [5.41, 5.74) is 5.49. The molecule has 1 saturated carbocycles. The van der Waals surface area contributed by atoms with Crippen LogP contribution in [-0.2, 0) is 19.1 Å². The largest absolute Gasteiger partial charge is 0.480 e. The number of carbonyl (C=O) groups excluding carboxylic acids is 2. The molecular formula is C25H46N4O6. The molecule has 10 nitrogen and oxygen atoms in total. The maximum Gasteiger partial charge on any atom is 0.326 e. The van der Waals surface area contributed by atoms with E-state index in [2.05, 4.69) is 16.0 Å². The molecule has 0 unspecified atom stereocenters. The summed E-state index contributed by atoms with van der Waals surface area (Å²) < 4.78 is 11.8. The number of unbranched alkanes of at least 4 members (excludes halogenated alkanes) is 1. The van der Waals surface area contributed by atoms with Crippen LogP contribution in [0.1, 0.15) is 78.1 Å².